The quantitative estimate of drug-likeness (QED) is 0.599. The molecule has 0 rings (SSSR count). The molecule has 0 saturated carbocycles. The van der Waals surface area contributed by atoms with Gasteiger partial charge in [0.1, 0.15) is 0 Å². The Bertz CT molecular complexity index is 290. The summed E-state index contributed by atoms with van der Waals surface area (Å²) in [5, 5.41) is 14.4. The average Bonchev–Trinajstić information content (AvgIpc) is 2.20. The van der Waals surface area contributed by atoms with Gasteiger partial charge in [0.2, 0.25) is 0 Å². The summed E-state index contributed by atoms with van der Waals surface area (Å²) in [6.07, 6.45) is 3.52. The lowest BCUT2D eigenvalue weighted by atomic mass is 9.87. The molecule has 0 spiro atoms. The molecular weight excluding hydrogens is 264 g/mol. The lowest BCUT2D eigenvalue weighted by Gasteiger charge is -2.25. The maximum absolute atomic E-state index is 11.7. The number of urea groups is 1. The third-order valence-electron chi connectivity index (χ3n) is 2.43. The number of hydrogen-bond acceptors (Lipinski definition) is 3. The smallest absolute Gasteiger partial charge is 0.315 e. The Morgan fingerprint density at radius 2 is 1.95 bits per heavy atom. The van der Waals surface area contributed by atoms with E-state index in [2.05, 4.69) is 10.6 Å². The molecule has 0 aromatic carbocycles. The molecule has 1 unspecified atom stereocenters. The number of rotatable bonds is 8. The standard InChI is InChI=1S/C13H26N2O3S/c1-13(2,3)9-10(8-11(16)17)15-12(18)14-6-5-7-19-4/h10H,5-9H2,1-4H3,(H,16,17)(H2,14,15,18). The van der Waals surface area contributed by atoms with Crippen molar-refractivity contribution >= 4 is 23.8 Å². The van der Waals surface area contributed by atoms with E-state index >= 15 is 0 Å². The summed E-state index contributed by atoms with van der Waals surface area (Å²) >= 11 is 1.73. The third kappa shape index (κ3) is 11.9. The molecule has 3 N–H and O–H groups in total. The predicted octanol–water partition coefficient (Wildman–Crippen LogP) is 2.32. The molecule has 0 heterocycles. The highest BCUT2D eigenvalue weighted by molar-refractivity contribution is 7.98. The summed E-state index contributed by atoms with van der Waals surface area (Å²) in [6, 6.07) is -0.616. The normalized spacial score (nSPS) is 12.8. The van der Waals surface area contributed by atoms with E-state index in [0.717, 1.165) is 12.2 Å². The van der Waals surface area contributed by atoms with Crippen LogP contribution < -0.4 is 10.6 Å². The highest BCUT2D eigenvalue weighted by atomic mass is 32.2. The van der Waals surface area contributed by atoms with Crippen molar-refractivity contribution in [1.29, 1.82) is 0 Å². The summed E-state index contributed by atoms with van der Waals surface area (Å²) in [7, 11) is 0. The molecule has 0 aliphatic heterocycles. The second-order valence-electron chi connectivity index (χ2n) is 5.81. The molecular formula is C13H26N2O3S. The Balaban J connectivity index is 4.15. The van der Waals surface area contributed by atoms with Crippen LogP contribution in [0.5, 0.6) is 0 Å². The average molecular weight is 290 g/mol. The molecule has 0 radical (unpaired) electrons. The van der Waals surface area contributed by atoms with Crippen LogP contribution in [-0.2, 0) is 4.79 Å². The topological polar surface area (TPSA) is 78.4 Å². The van der Waals surface area contributed by atoms with Crippen molar-refractivity contribution in [1.82, 2.24) is 10.6 Å². The Morgan fingerprint density at radius 1 is 1.32 bits per heavy atom. The van der Waals surface area contributed by atoms with Crippen molar-refractivity contribution < 1.29 is 14.7 Å². The van der Waals surface area contributed by atoms with Gasteiger partial charge < -0.3 is 15.7 Å². The van der Waals surface area contributed by atoms with Gasteiger partial charge in [-0.25, -0.2) is 4.79 Å². The number of amides is 2. The van der Waals surface area contributed by atoms with E-state index in [1.165, 1.54) is 0 Å². The van der Waals surface area contributed by atoms with E-state index in [4.69, 9.17) is 5.11 Å². The summed E-state index contributed by atoms with van der Waals surface area (Å²) in [4.78, 5) is 22.5. The van der Waals surface area contributed by atoms with Crippen molar-refractivity contribution in [2.45, 2.75) is 46.1 Å². The van der Waals surface area contributed by atoms with E-state index in [-0.39, 0.29) is 23.9 Å². The van der Waals surface area contributed by atoms with Gasteiger partial charge in [0, 0.05) is 12.6 Å². The minimum atomic E-state index is -0.892. The number of carbonyl (C=O) groups excluding carboxylic acids is 1. The molecule has 0 fully saturated rings. The van der Waals surface area contributed by atoms with Crippen molar-refractivity contribution in [2.75, 3.05) is 18.6 Å². The first-order valence-electron chi connectivity index (χ1n) is 6.49. The molecule has 5 nitrogen and oxygen atoms in total. The van der Waals surface area contributed by atoms with Gasteiger partial charge in [-0.2, -0.15) is 11.8 Å². The SMILES string of the molecule is CSCCCNC(=O)NC(CC(=O)O)CC(C)(C)C. The number of carboxylic acids is 1. The van der Waals surface area contributed by atoms with Crippen molar-refractivity contribution in [3.63, 3.8) is 0 Å². The van der Waals surface area contributed by atoms with Gasteiger partial charge in [-0.1, -0.05) is 20.8 Å². The molecule has 1 atom stereocenters. The van der Waals surface area contributed by atoms with Crippen LogP contribution in [0.15, 0.2) is 0 Å². The fourth-order valence-corrected chi connectivity index (χ4v) is 2.21. The molecule has 2 amide bonds. The summed E-state index contributed by atoms with van der Waals surface area (Å²) in [5.74, 6) is 0.109. The lowest BCUT2D eigenvalue weighted by Crippen LogP contribution is -2.44. The first kappa shape index (κ1) is 18.1. The lowest BCUT2D eigenvalue weighted by molar-refractivity contribution is -0.137. The minimum absolute atomic E-state index is 0.0216. The molecule has 0 aliphatic rings. The number of nitrogens with one attached hydrogen (secondary N) is 2. The van der Waals surface area contributed by atoms with E-state index in [1.807, 2.05) is 27.0 Å². The zero-order chi connectivity index (χ0) is 14.9. The second kappa shape index (κ2) is 9.07. The van der Waals surface area contributed by atoms with Crippen LogP contribution in [0, 0.1) is 5.41 Å². The van der Waals surface area contributed by atoms with Gasteiger partial charge in [-0.3, -0.25) is 4.79 Å². The van der Waals surface area contributed by atoms with Crippen LogP contribution in [0.25, 0.3) is 0 Å². The maximum Gasteiger partial charge on any atom is 0.315 e. The molecule has 19 heavy (non-hydrogen) atoms. The van der Waals surface area contributed by atoms with E-state index in [0.29, 0.717) is 13.0 Å². The van der Waals surface area contributed by atoms with Gasteiger partial charge in [-0.15, -0.1) is 0 Å². The molecule has 6 heteroatoms. The zero-order valence-corrected chi connectivity index (χ0v) is 13.1. The molecule has 0 aromatic rings. The van der Waals surface area contributed by atoms with Crippen LogP contribution in [0.2, 0.25) is 0 Å². The highest BCUT2D eigenvalue weighted by Gasteiger charge is 2.22. The first-order chi connectivity index (χ1) is 8.74. The summed E-state index contributed by atoms with van der Waals surface area (Å²) < 4.78 is 0. The van der Waals surface area contributed by atoms with Gasteiger partial charge >= 0.3 is 12.0 Å². The second-order valence-corrected chi connectivity index (χ2v) is 6.79. The Morgan fingerprint density at radius 3 is 2.42 bits per heavy atom. The minimum Gasteiger partial charge on any atom is -0.481 e. The van der Waals surface area contributed by atoms with Gasteiger partial charge in [0.05, 0.1) is 6.42 Å². The fourth-order valence-electron chi connectivity index (χ4n) is 1.78. The third-order valence-corrected chi connectivity index (χ3v) is 3.12. The monoisotopic (exact) mass is 290 g/mol. The molecule has 112 valence electrons. The van der Waals surface area contributed by atoms with Gasteiger partial charge in [0.25, 0.3) is 0 Å². The Labute approximate surface area is 119 Å². The summed E-state index contributed by atoms with van der Waals surface area (Å²) in [5.41, 5.74) is -0.0216. The number of aliphatic carboxylic acids is 1. The van der Waals surface area contributed by atoms with Crippen LogP contribution in [-0.4, -0.2) is 41.7 Å². The Kier molecular flexibility index (Phi) is 8.63. The van der Waals surface area contributed by atoms with E-state index in [1.54, 1.807) is 11.8 Å². The molecule has 0 saturated heterocycles. The molecule has 0 bridgehead atoms. The number of carbonyl (C=O) groups is 2. The zero-order valence-electron chi connectivity index (χ0n) is 12.3. The number of thioether (sulfide) groups is 1. The van der Waals surface area contributed by atoms with Crippen molar-refractivity contribution in [2.24, 2.45) is 5.41 Å². The van der Waals surface area contributed by atoms with Crippen LogP contribution in [0.3, 0.4) is 0 Å². The van der Waals surface area contributed by atoms with E-state index < -0.39 is 5.97 Å². The van der Waals surface area contributed by atoms with Crippen molar-refractivity contribution in [3.05, 3.63) is 0 Å². The predicted molar refractivity (Wildman–Crippen MR) is 79.6 cm³/mol. The van der Waals surface area contributed by atoms with Crippen molar-refractivity contribution in [3.8, 4) is 0 Å². The highest BCUT2D eigenvalue weighted by Crippen LogP contribution is 2.22. The Hall–Kier alpha value is -0.910. The fraction of sp³-hybridized carbons (Fsp3) is 0.846. The first-order valence-corrected chi connectivity index (χ1v) is 7.89. The van der Waals surface area contributed by atoms with Gasteiger partial charge in [-0.05, 0) is 30.3 Å². The van der Waals surface area contributed by atoms with Crippen LogP contribution in [0.4, 0.5) is 4.79 Å². The largest absolute Gasteiger partial charge is 0.481 e. The molecule has 0 aliphatic carbocycles. The van der Waals surface area contributed by atoms with Crippen LogP contribution >= 0.6 is 11.8 Å². The van der Waals surface area contributed by atoms with E-state index in [9.17, 15) is 9.59 Å². The summed E-state index contributed by atoms with van der Waals surface area (Å²) in [6.45, 7) is 6.70. The van der Waals surface area contributed by atoms with Gasteiger partial charge in [0.15, 0.2) is 0 Å². The number of hydrogen-bond donors (Lipinski definition) is 3. The van der Waals surface area contributed by atoms with Crippen LogP contribution in [0.1, 0.15) is 40.0 Å². The maximum atomic E-state index is 11.7. The number of carboxylic acid groups (broad SMARTS) is 1. The molecule has 0 aromatic heterocycles.